The van der Waals surface area contributed by atoms with Crippen LogP contribution in [0.15, 0.2) is 10.9 Å². The number of rotatable bonds is 7. The van der Waals surface area contributed by atoms with Gasteiger partial charge in [0.25, 0.3) is 5.91 Å². The maximum atomic E-state index is 12.4. The number of carbonyl (C=O) groups is 1. The summed E-state index contributed by atoms with van der Waals surface area (Å²) in [5, 5.41) is 5.60. The Morgan fingerprint density at radius 1 is 1.57 bits per heavy atom. The van der Waals surface area contributed by atoms with E-state index in [1.807, 2.05) is 5.38 Å². The van der Waals surface area contributed by atoms with Crippen LogP contribution >= 0.6 is 22.7 Å². The van der Waals surface area contributed by atoms with Crippen LogP contribution in [-0.4, -0.2) is 48.1 Å². The number of nitrogens with zero attached hydrogens (tertiary/aromatic N) is 3. The second kappa shape index (κ2) is 7.34. The predicted molar refractivity (Wildman–Crippen MR) is 84.8 cm³/mol. The number of ether oxygens (including phenoxy) is 1. The quantitative estimate of drug-likeness (QED) is 0.749. The van der Waals surface area contributed by atoms with Crippen LogP contribution in [0.5, 0.6) is 0 Å². The smallest absolute Gasteiger partial charge is 0.267 e. The Kier molecular flexibility index (Phi) is 5.48. The van der Waals surface area contributed by atoms with Crippen LogP contribution in [0.25, 0.3) is 0 Å². The molecule has 114 valence electrons. The Morgan fingerprint density at radius 2 is 2.38 bits per heavy atom. The largest absolute Gasteiger partial charge is 0.383 e. The average Bonchev–Trinajstić information content (AvgIpc) is 3.08. The van der Waals surface area contributed by atoms with Gasteiger partial charge in [0, 0.05) is 26.1 Å². The molecule has 0 unspecified atom stereocenters. The lowest BCUT2D eigenvalue weighted by atomic mass is 10.4. The van der Waals surface area contributed by atoms with Gasteiger partial charge in [0.2, 0.25) is 0 Å². The number of nitrogens with one attached hydrogen (secondary N) is 1. The van der Waals surface area contributed by atoms with Crippen molar-refractivity contribution in [3.8, 4) is 0 Å². The van der Waals surface area contributed by atoms with Gasteiger partial charge in [-0.1, -0.05) is 11.3 Å². The zero-order chi connectivity index (χ0) is 15.2. The molecule has 0 aliphatic carbocycles. The summed E-state index contributed by atoms with van der Waals surface area (Å²) in [4.78, 5) is 22.7. The van der Waals surface area contributed by atoms with Crippen molar-refractivity contribution in [3.63, 3.8) is 0 Å². The molecule has 0 spiro atoms. The number of methoxy groups -OCH3 is 1. The molecular formula is C12H17N5O2S2. The molecule has 0 fully saturated rings. The molecule has 0 saturated carbocycles. The SMILES string of the molecule is COCCNc1nc(N)c(C(=O)N(C)Cc2cscn2)s1. The molecule has 1 amide bonds. The van der Waals surface area contributed by atoms with Gasteiger partial charge in [-0.2, -0.15) is 0 Å². The van der Waals surface area contributed by atoms with E-state index in [0.717, 1.165) is 5.69 Å². The highest BCUT2D eigenvalue weighted by atomic mass is 32.1. The van der Waals surface area contributed by atoms with Crippen molar-refractivity contribution in [3.05, 3.63) is 21.5 Å². The Morgan fingerprint density at radius 3 is 3.05 bits per heavy atom. The van der Waals surface area contributed by atoms with Crippen molar-refractivity contribution in [2.45, 2.75) is 6.54 Å². The molecule has 0 bridgehead atoms. The van der Waals surface area contributed by atoms with Gasteiger partial charge >= 0.3 is 0 Å². The minimum atomic E-state index is -0.155. The lowest BCUT2D eigenvalue weighted by Crippen LogP contribution is -2.26. The minimum Gasteiger partial charge on any atom is -0.383 e. The van der Waals surface area contributed by atoms with Crippen molar-refractivity contribution in [1.82, 2.24) is 14.9 Å². The van der Waals surface area contributed by atoms with E-state index in [1.54, 1.807) is 24.6 Å². The maximum Gasteiger partial charge on any atom is 0.267 e. The van der Waals surface area contributed by atoms with Gasteiger partial charge < -0.3 is 20.7 Å². The molecule has 2 aromatic heterocycles. The molecule has 0 aromatic carbocycles. The zero-order valence-electron chi connectivity index (χ0n) is 11.8. The first-order valence-electron chi connectivity index (χ1n) is 6.23. The van der Waals surface area contributed by atoms with Crippen molar-refractivity contribution in [1.29, 1.82) is 0 Å². The van der Waals surface area contributed by atoms with Gasteiger partial charge in [0.15, 0.2) is 5.13 Å². The first-order chi connectivity index (χ1) is 10.1. The normalized spacial score (nSPS) is 10.6. The Hall–Kier alpha value is -1.71. The standard InChI is InChI=1S/C12H17N5O2S2/c1-17(5-8-6-20-7-15-8)11(18)9-10(13)16-12(21-9)14-3-4-19-2/h6-7H,3-5,13H2,1-2H3,(H,14,16). The van der Waals surface area contributed by atoms with Crippen LogP contribution in [0.1, 0.15) is 15.4 Å². The summed E-state index contributed by atoms with van der Waals surface area (Å²) < 4.78 is 4.95. The minimum absolute atomic E-state index is 0.155. The summed E-state index contributed by atoms with van der Waals surface area (Å²) in [7, 11) is 3.35. The Labute approximate surface area is 130 Å². The molecule has 0 aliphatic heterocycles. The van der Waals surface area contributed by atoms with Crippen molar-refractivity contribution in [2.24, 2.45) is 0 Å². The van der Waals surface area contributed by atoms with Crippen LogP contribution < -0.4 is 11.1 Å². The first kappa shape index (κ1) is 15.7. The van der Waals surface area contributed by atoms with Gasteiger partial charge in [-0.15, -0.1) is 11.3 Å². The highest BCUT2D eigenvalue weighted by molar-refractivity contribution is 7.18. The second-order valence-corrected chi connectivity index (χ2v) is 6.01. The topological polar surface area (TPSA) is 93.4 Å². The highest BCUT2D eigenvalue weighted by Gasteiger charge is 2.20. The number of anilines is 2. The van der Waals surface area contributed by atoms with E-state index in [1.165, 1.54) is 22.7 Å². The summed E-state index contributed by atoms with van der Waals surface area (Å²) in [5.41, 5.74) is 8.43. The van der Waals surface area contributed by atoms with Gasteiger partial charge in [0.05, 0.1) is 24.4 Å². The Bertz CT molecular complexity index is 584. The number of amides is 1. The third-order valence-electron chi connectivity index (χ3n) is 2.66. The molecule has 2 aromatic rings. The van der Waals surface area contributed by atoms with Crippen LogP contribution in [0.4, 0.5) is 10.9 Å². The fraction of sp³-hybridized carbons (Fsp3) is 0.417. The third-order valence-corrected chi connectivity index (χ3v) is 4.31. The Balaban J connectivity index is 2.01. The number of carbonyl (C=O) groups excluding carboxylic acids is 1. The van der Waals surface area contributed by atoms with Crippen molar-refractivity contribution < 1.29 is 9.53 Å². The van der Waals surface area contributed by atoms with Crippen LogP contribution in [0.3, 0.4) is 0 Å². The predicted octanol–water partition coefficient (Wildman–Crippen LogP) is 1.51. The molecule has 3 N–H and O–H groups in total. The first-order valence-corrected chi connectivity index (χ1v) is 7.99. The molecule has 0 saturated heterocycles. The molecule has 9 heteroatoms. The van der Waals surface area contributed by atoms with E-state index in [4.69, 9.17) is 10.5 Å². The molecule has 0 radical (unpaired) electrons. The molecule has 2 heterocycles. The van der Waals surface area contributed by atoms with E-state index in [-0.39, 0.29) is 11.7 Å². The highest BCUT2D eigenvalue weighted by Crippen LogP contribution is 2.26. The van der Waals surface area contributed by atoms with Crippen LogP contribution in [0, 0.1) is 0 Å². The number of hydrogen-bond acceptors (Lipinski definition) is 8. The number of nitrogens with two attached hydrogens (primary N) is 1. The average molecular weight is 327 g/mol. The van der Waals surface area contributed by atoms with Crippen LogP contribution in [-0.2, 0) is 11.3 Å². The van der Waals surface area contributed by atoms with Crippen molar-refractivity contribution in [2.75, 3.05) is 38.4 Å². The van der Waals surface area contributed by atoms with Gasteiger partial charge in [-0.25, -0.2) is 9.97 Å². The molecule has 2 rings (SSSR count). The van der Waals surface area contributed by atoms with Gasteiger partial charge in [-0.05, 0) is 0 Å². The fourth-order valence-electron chi connectivity index (χ4n) is 1.62. The molecule has 21 heavy (non-hydrogen) atoms. The number of aromatic nitrogens is 2. The number of nitrogen functional groups attached to an aromatic ring is 1. The lowest BCUT2D eigenvalue weighted by Gasteiger charge is -2.14. The summed E-state index contributed by atoms with van der Waals surface area (Å²) in [6, 6.07) is 0. The zero-order valence-corrected chi connectivity index (χ0v) is 13.5. The molecule has 0 aliphatic rings. The monoisotopic (exact) mass is 327 g/mol. The van der Waals surface area contributed by atoms with E-state index < -0.39 is 0 Å². The van der Waals surface area contributed by atoms with E-state index in [0.29, 0.717) is 29.7 Å². The summed E-state index contributed by atoms with van der Waals surface area (Å²) in [6.45, 7) is 1.63. The summed E-state index contributed by atoms with van der Waals surface area (Å²) >= 11 is 2.75. The van der Waals surface area contributed by atoms with E-state index in [9.17, 15) is 4.79 Å². The summed E-state index contributed by atoms with van der Waals surface area (Å²) in [5.74, 6) is 0.0906. The maximum absolute atomic E-state index is 12.4. The molecule has 7 nitrogen and oxygen atoms in total. The van der Waals surface area contributed by atoms with E-state index in [2.05, 4.69) is 15.3 Å². The van der Waals surface area contributed by atoms with Gasteiger partial charge in [0.1, 0.15) is 10.7 Å². The lowest BCUT2D eigenvalue weighted by molar-refractivity contribution is 0.0789. The summed E-state index contributed by atoms with van der Waals surface area (Å²) in [6.07, 6.45) is 0. The molecular weight excluding hydrogens is 310 g/mol. The van der Waals surface area contributed by atoms with Gasteiger partial charge in [-0.3, -0.25) is 4.79 Å². The number of hydrogen-bond donors (Lipinski definition) is 2. The molecule has 0 atom stereocenters. The second-order valence-electron chi connectivity index (χ2n) is 4.29. The third kappa shape index (κ3) is 4.13. The van der Waals surface area contributed by atoms with Crippen molar-refractivity contribution >= 4 is 39.5 Å². The number of thiazole rings is 2. The van der Waals surface area contributed by atoms with Crippen LogP contribution in [0.2, 0.25) is 0 Å². The van der Waals surface area contributed by atoms with E-state index >= 15 is 0 Å². The fourth-order valence-corrected chi connectivity index (χ4v) is 3.08.